The van der Waals surface area contributed by atoms with Gasteiger partial charge in [0.1, 0.15) is 0 Å². The Morgan fingerprint density at radius 1 is 1.11 bits per heavy atom. The average molecular weight is 262 g/mol. The van der Waals surface area contributed by atoms with Crippen LogP contribution in [0.5, 0.6) is 0 Å². The molecule has 0 atom stereocenters. The first kappa shape index (κ1) is 15.0. The SMILES string of the molecule is C/C(=C/c1ccc(C)cc1)O[Si](C)(C)C(C)(C)C. The van der Waals surface area contributed by atoms with E-state index in [2.05, 4.69) is 78.1 Å². The molecule has 2 heteroatoms. The largest absolute Gasteiger partial charge is 0.547 e. The number of rotatable bonds is 3. The Morgan fingerprint density at radius 3 is 2.06 bits per heavy atom. The van der Waals surface area contributed by atoms with Crippen LogP contribution in [0, 0.1) is 6.92 Å². The highest BCUT2D eigenvalue weighted by Gasteiger charge is 2.38. The zero-order chi connectivity index (χ0) is 14.0. The Morgan fingerprint density at radius 2 is 1.61 bits per heavy atom. The summed E-state index contributed by atoms with van der Waals surface area (Å²) in [6.45, 7) is 15.5. The van der Waals surface area contributed by atoms with E-state index in [4.69, 9.17) is 4.43 Å². The molecule has 0 spiro atoms. The summed E-state index contributed by atoms with van der Waals surface area (Å²) in [5, 5.41) is 0.245. The molecule has 0 radical (unpaired) electrons. The van der Waals surface area contributed by atoms with E-state index < -0.39 is 8.32 Å². The lowest BCUT2D eigenvalue weighted by Crippen LogP contribution is -2.40. The molecule has 0 saturated heterocycles. The summed E-state index contributed by atoms with van der Waals surface area (Å²) in [6.07, 6.45) is 2.12. The molecule has 0 aromatic heterocycles. The first-order chi connectivity index (χ1) is 8.12. The fourth-order valence-electron chi connectivity index (χ4n) is 1.48. The normalized spacial score (nSPS) is 13.6. The fourth-order valence-corrected chi connectivity index (χ4v) is 2.65. The van der Waals surface area contributed by atoms with Gasteiger partial charge in [0.2, 0.25) is 8.32 Å². The van der Waals surface area contributed by atoms with Gasteiger partial charge in [-0.1, -0.05) is 50.6 Å². The summed E-state index contributed by atoms with van der Waals surface area (Å²) in [6, 6.07) is 8.53. The van der Waals surface area contributed by atoms with E-state index in [0.29, 0.717) is 0 Å². The van der Waals surface area contributed by atoms with Gasteiger partial charge in [-0.15, -0.1) is 0 Å². The molecular formula is C16H26OSi. The molecule has 1 aromatic carbocycles. The van der Waals surface area contributed by atoms with Gasteiger partial charge < -0.3 is 4.43 Å². The molecule has 18 heavy (non-hydrogen) atoms. The number of hydrogen-bond acceptors (Lipinski definition) is 1. The summed E-state index contributed by atoms with van der Waals surface area (Å²) in [7, 11) is -1.70. The summed E-state index contributed by atoms with van der Waals surface area (Å²) < 4.78 is 6.24. The van der Waals surface area contributed by atoms with Crippen molar-refractivity contribution in [3.05, 3.63) is 41.2 Å². The van der Waals surface area contributed by atoms with Crippen LogP contribution >= 0.6 is 0 Å². The van der Waals surface area contributed by atoms with Crippen molar-refractivity contribution in [1.82, 2.24) is 0 Å². The van der Waals surface area contributed by atoms with Crippen LogP contribution in [0.4, 0.5) is 0 Å². The average Bonchev–Trinajstić information content (AvgIpc) is 2.19. The second kappa shape index (κ2) is 5.31. The van der Waals surface area contributed by atoms with Gasteiger partial charge in [-0.25, -0.2) is 0 Å². The highest BCUT2D eigenvalue weighted by Crippen LogP contribution is 2.37. The Kier molecular flexibility index (Phi) is 4.44. The lowest BCUT2D eigenvalue weighted by Gasteiger charge is -2.36. The quantitative estimate of drug-likeness (QED) is 0.525. The van der Waals surface area contributed by atoms with Crippen molar-refractivity contribution in [3.63, 3.8) is 0 Å². The van der Waals surface area contributed by atoms with Gasteiger partial charge in [0.15, 0.2) is 0 Å². The maximum Gasteiger partial charge on any atom is 0.250 e. The summed E-state index contributed by atoms with van der Waals surface area (Å²) in [4.78, 5) is 0. The first-order valence-electron chi connectivity index (χ1n) is 6.56. The van der Waals surface area contributed by atoms with Crippen molar-refractivity contribution in [2.75, 3.05) is 0 Å². The zero-order valence-corrected chi connectivity index (χ0v) is 13.8. The highest BCUT2D eigenvalue weighted by molar-refractivity contribution is 6.74. The van der Waals surface area contributed by atoms with E-state index in [0.717, 1.165) is 5.76 Å². The summed E-state index contributed by atoms with van der Waals surface area (Å²) in [5.41, 5.74) is 2.49. The Bertz CT molecular complexity index is 421. The molecule has 0 heterocycles. The van der Waals surface area contributed by atoms with Crippen molar-refractivity contribution in [1.29, 1.82) is 0 Å². The molecule has 0 fully saturated rings. The standard InChI is InChI=1S/C16H26OSi/c1-13-8-10-15(11-9-13)12-14(2)17-18(6,7)16(3,4)5/h8-12H,1-7H3/b14-12-. The molecule has 100 valence electrons. The van der Waals surface area contributed by atoms with Crippen LogP contribution in [0.2, 0.25) is 18.1 Å². The van der Waals surface area contributed by atoms with Crippen molar-refractivity contribution >= 4 is 14.4 Å². The number of benzene rings is 1. The molecule has 0 aliphatic rings. The third-order valence-corrected chi connectivity index (χ3v) is 8.11. The third-order valence-electron chi connectivity index (χ3n) is 3.67. The van der Waals surface area contributed by atoms with Crippen LogP contribution in [0.1, 0.15) is 38.8 Å². The second-order valence-corrected chi connectivity index (χ2v) is 11.3. The zero-order valence-electron chi connectivity index (χ0n) is 12.8. The topological polar surface area (TPSA) is 9.23 Å². The van der Waals surface area contributed by atoms with Crippen molar-refractivity contribution in [2.24, 2.45) is 0 Å². The van der Waals surface area contributed by atoms with Gasteiger partial charge in [-0.05, 0) is 43.6 Å². The molecule has 1 nitrogen and oxygen atoms in total. The minimum atomic E-state index is -1.70. The Hall–Kier alpha value is -1.02. The second-order valence-electron chi connectivity index (χ2n) is 6.53. The van der Waals surface area contributed by atoms with E-state index in [-0.39, 0.29) is 5.04 Å². The van der Waals surface area contributed by atoms with Crippen LogP contribution in [0.3, 0.4) is 0 Å². The van der Waals surface area contributed by atoms with E-state index in [9.17, 15) is 0 Å². The molecule has 0 aliphatic heterocycles. The molecular weight excluding hydrogens is 236 g/mol. The monoisotopic (exact) mass is 262 g/mol. The molecule has 0 amide bonds. The lowest BCUT2D eigenvalue weighted by molar-refractivity contribution is 0.390. The van der Waals surface area contributed by atoms with Crippen LogP contribution in [-0.4, -0.2) is 8.32 Å². The smallest absolute Gasteiger partial charge is 0.250 e. The molecule has 0 N–H and O–H groups in total. The number of hydrogen-bond donors (Lipinski definition) is 0. The van der Waals surface area contributed by atoms with Gasteiger partial charge in [0.05, 0.1) is 5.76 Å². The van der Waals surface area contributed by atoms with Crippen molar-refractivity contribution in [2.45, 2.75) is 52.8 Å². The van der Waals surface area contributed by atoms with Crippen molar-refractivity contribution < 1.29 is 4.43 Å². The van der Waals surface area contributed by atoms with Crippen LogP contribution in [-0.2, 0) is 4.43 Å². The Labute approximate surface area is 113 Å². The van der Waals surface area contributed by atoms with Gasteiger partial charge in [0, 0.05) is 0 Å². The predicted molar refractivity (Wildman–Crippen MR) is 83.1 cm³/mol. The minimum absolute atomic E-state index is 0.245. The third kappa shape index (κ3) is 4.02. The number of allylic oxidation sites excluding steroid dienone is 1. The molecule has 0 bridgehead atoms. The van der Waals surface area contributed by atoms with Crippen LogP contribution in [0.25, 0.3) is 6.08 Å². The van der Waals surface area contributed by atoms with Gasteiger partial charge in [0.25, 0.3) is 0 Å². The minimum Gasteiger partial charge on any atom is -0.547 e. The van der Waals surface area contributed by atoms with Crippen LogP contribution < -0.4 is 0 Å². The molecule has 0 saturated carbocycles. The van der Waals surface area contributed by atoms with E-state index in [1.807, 2.05) is 0 Å². The van der Waals surface area contributed by atoms with Gasteiger partial charge in [-0.3, -0.25) is 0 Å². The van der Waals surface area contributed by atoms with E-state index >= 15 is 0 Å². The molecule has 0 unspecified atom stereocenters. The van der Waals surface area contributed by atoms with Gasteiger partial charge >= 0.3 is 0 Å². The molecule has 1 aromatic rings. The summed E-state index contributed by atoms with van der Waals surface area (Å²) >= 11 is 0. The van der Waals surface area contributed by atoms with Gasteiger partial charge in [-0.2, -0.15) is 0 Å². The first-order valence-corrected chi connectivity index (χ1v) is 9.47. The molecule has 1 rings (SSSR count). The van der Waals surface area contributed by atoms with Crippen molar-refractivity contribution in [3.8, 4) is 0 Å². The summed E-state index contributed by atoms with van der Waals surface area (Å²) in [5.74, 6) is 1.02. The predicted octanol–water partition coefficient (Wildman–Crippen LogP) is 5.38. The number of aryl methyl sites for hydroxylation is 1. The maximum atomic E-state index is 6.24. The molecule has 0 aliphatic carbocycles. The van der Waals surface area contributed by atoms with Crippen LogP contribution in [0.15, 0.2) is 30.0 Å². The van der Waals surface area contributed by atoms with E-state index in [1.165, 1.54) is 11.1 Å². The maximum absolute atomic E-state index is 6.24. The van der Waals surface area contributed by atoms with E-state index in [1.54, 1.807) is 0 Å². The highest BCUT2D eigenvalue weighted by atomic mass is 28.4. The Balaban J connectivity index is 2.82. The fraction of sp³-hybridized carbons (Fsp3) is 0.500. The lowest BCUT2D eigenvalue weighted by atomic mass is 10.1.